The number of fused-ring (bicyclic) bond motifs is 16. The maximum absolute atomic E-state index is 6.23. The van der Waals surface area contributed by atoms with Crippen molar-refractivity contribution in [3.05, 3.63) is 210 Å². The number of nitrogens with zero attached hydrogens (tertiary/aromatic N) is 1. The van der Waals surface area contributed by atoms with Crippen LogP contribution in [-0.4, -0.2) is 0 Å². The zero-order chi connectivity index (χ0) is 34.7. The predicted molar refractivity (Wildman–Crippen MR) is 220 cm³/mol. The lowest BCUT2D eigenvalue weighted by atomic mass is 9.69. The minimum absolute atomic E-state index is 0.435. The molecule has 0 atom stereocenters. The Morgan fingerprint density at radius 2 is 0.981 bits per heavy atom. The average molecular weight is 674 g/mol. The van der Waals surface area contributed by atoms with Crippen molar-refractivity contribution in [3.63, 3.8) is 0 Å². The second-order valence-electron chi connectivity index (χ2n) is 14.4. The first-order chi connectivity index (χ1) is 26.3. The van der Waals surface area contributed by atoms with Crippen LogP contribution in [0.5, 0.6) is 0 Å². The molecular formula is C51H31NO. The molecule has 9 aromatic carbocycles. The molecule has 0 N–H and O–H groups in total. The van der Waals surface area contributed by atoms with Crippen molar-refractivity contribution in [1.29, 1.82) is 0 Å². The lowest BCUT2D eigenvalue weighted by Gasteiger charge is -2.31. The molecule has 1 aromatic heterocycles. The summed E-state index contributed by atoms with van der Waals surface area (Å²) < 4.78 is 6.23. The monoisotopic (exact) mass is 673 g/mol. The van der Waals surface area contributed by atoms with E-state index in [1.165, 1.54) is 66.1 Å². The molecule has 0 amide bonds. The Kier molecular flexibility index (Phi) is 5.73. The van der Waals surface area contributed by atoms with Crippen LogP contribution in [0, 0.1) is 0 Å². The summed E-state index contributed by atoms with van der Waals surface area (Å²) in [6.07, 6.45) is 0. The Balaban J connectivity index is 1.13. The summed E-state index contributed by atoms with van der Waals surface area (Å²) >= 11 is 0. The first-order valence-corrected chi connectivity index (χ1v) is 18.3. The fourth-order valence-corrected chi connectivity index (χ4v) is 9.66. The van der Waals surface area contributed by atoms with E-state index in [0.29, 0.717) is 0 Å². The Morgan fingerprint density at radius 3 is 1.81 bits per heavy atom. The Morgan fingerprint density at radius 1 is 0.340 bits per heavy atom. The first-order valence-electron chi connectivity index (χ1n) is 18.3. The quantitative estimate of drug-likeness (QED) is 0.186. The maximum Gasteiger partial charge on any atom is 0.135 e. The molecule has 2 aliphatic carbocycles. The summed E-state index contributed by atoms with van der Waals surface area (Å²) in [5.74, 6) is 0. The van der Waals surface area contributed by atoms with Crippen molar-refractivity contribution < 1.29 is 4.42 Å². The van der Waals surface area contributed by atoms with Gasteiger partial charge in [-0.3, -0.25) is 0 Å². The molecule has 0 saturated carbocycles. The molecule has 246 valence electrons. The summed E-state index contributed by atoms with van der Waals surface area (Å²) in [7, 11) is 0. The van der Waals surface area contributed by atoms with Gasteiger partial charge in [0.25, 0.3) is 0 Å². The number of para-hydroxylation sites is 2. The Labute approximate surface area is 306 Å². The number of hydrogen-bond donors (Lipinski definition) is 0. The molecule has 1 heterocycles. The smallest absolute Gasteiger partial charge is 0.135 e. The number of furan rings is 1. The second kappa shape index (κ2) is 10.6. The normalized spacial score (nSPS) is 13.4. The zero-order valence-electron chi connectivity index (χ0n) is 28.8. The molecule has 0 radical (unpaired) electrons. The van der Waals surface area contributed by atoms with Gasteiger partial charge in [-0.1, -0.05) is 127 Å². The van der Waals surface area contributed by atoms with Gasteiger partial charge < -0.3 is 9.32 Å². The highest BCUT2D eigenvalue weighted by molar-refractivity contribution is 6.08. The summed E-state index contributed by atoms with van der Waals surface area (Å²) in [5.41, 5.74) is 15.4. The molecule has 0 unspecified atom stereocenters. The van der Waals surface area contributed by atoms with Crippen molar-refractivity contribution in [1.82, 2.24) is 0 Å². The van der Waals surface area contributed by atoms with E-state index in [-0.39, 0.29) is 0 Å². The summed E-state index contributed by atoms with van der Waals surface area (Å²) in [6, 6.07) is 69.1. The molecule has 10 aromatic rings. The standard InChI is InChI=1S/C51H31NO/c1-2-13-35(14-3-1)52(37-25-27-49-44(31-37)41-18-8-11-21-48(41)53-49)36-24-22-33-29-43-42-26-23-32-12-4-5-15-38(32)50(42)51(47(43)30-34(33)28-36)45-19-9-6-16-39(45)40-17-7-10-20-46(40)51/h1-31H. The molecule has 2 nitrogen and oxygen atoms in total. The second-order valence-corrected chi connectivity index (χ2v) is 14.4. The van der Waals surface area contributed by atoms with E-state index in [1.807, 2.05) is 12.1 Å². The van der Waals surface area contributed by atoms with Gasteiger partial charge in [-0.15, -0.1) is 0 Å². The fourth-order valence-electron chi connectivity index (χ4n) is 9.66. The van der Waals surface area contributed by atoms with Crippen LogP contribution >= 0.6 is 0 Å². The highest BCUT2D eigenvalue weighted by Gasteiger charge is 2.52. The molecule has 0 saturated heterocycles. The molecule has 0 bridgehead atoms. The van der Waals surface area contributed by atoms with Crippen molar-refractivity contribution >= 4 is 60.5 Å². The molecule has 12 rings (SSSR count). The van der Waals surface area contributed by atoms with Gasteiger partial charge in [-0.25, -0.2) is 0 Å². The predicted octanol–water partition coefficient (Wildman–Crippen LogP) is 13.7. The van der Waals surface area contributed by atoms with Crippen LogP contribution in [0.1, 0.15) is 22.3 Å². The van der Waals surface area contributed by atoms with E-state index in [2.05, 4.69) is 181 Å². The van der Waals surface area contributed by atoms with E-state index in [4.69, 9.17) is 4.42 Å². The van der Waals surface area contributed by atoms with Crippen LogP contribution in [0.25, 0.3) is 65.7 Å². The summed E-state index contributed by atoms with van der Waals surface area (Å²) in [6.45, 7) is 0. The summed E-state index contributed by atoms with van der Waals surface area (Å²) in [5, 5.41) is 7.27. The van der Waals surface area contributed by atoms with Gasteiger partial charge >= 0.3 is 0 Å². The molecular weight excluding hydrogens is 643 g/mol. The van der Waals surface area contributed by atoms with Crippen molar-refractivity contribution in [3.8, 4) is 22.3 Å². The number of rotatable bonds is 3. The van der Waals surface area contributed by atoms with Crippen LogP contribution < -0.4 is 4.90 Å². The highest BCUT2D eigenvalue weighted by Crippen LogP contribution is 2.64. The van der Waals surface area contributed by atoms with Crippen LogP contribution in [0.4, 0.5) is 17.1 Å². The lowest BCUT2D eigenvalue weighted by Crippen LogP contribution is -2.26. The molecule has 0 aliphatic heterocycles. The molecule has 2 heteroatoms. The largest absolute Gasteiger partial charge is 0.456 e. The Bertz CT molecular complexity index is 3090. The van der Waals surface area contributed by atoms with Gasteiger partial charge in [-0.2, -0.15) is 0 Å². The molecule has 1 spiro atoms. The van der Waals surface area contributed by atoms with Gasteiger partial charge in [0.2, 0.25) is 0 Å². The van der Waals surface area contributed by atoms with Gasteiger partial charge in [0.05, 0.1) is 5.41 Å². The Hall–Kier alpha value is -6.90. The van der Waals surface area contributed by atoms with Gasteiger partial charge in [0.1, 0.15) is 11.2 Å². The van der Waals surface area contributed by atoms with Crippen LogP contribution in [0.15, 0.2) is 192 Å². The third-order valence-corrected chi connectivity index (χ3v) is 11.8. The van der Waals surface area contributed by atoms with E-state index in [0.717, 1.165) is 39.0 Å². The minimum atomic E-state index is -0.435. The average Bonchev–Trinajstić information content (AvgIpc) is 3.84. The third-order valence-electron chi connectivity index (χ3n) is 11.8. The van der Waals surface area contributed by atoms with Gasteiger partial charge in [0.15, 0.2) is 0 Å². The number of benzene rings is 9. The van der Waals surface area contributed by atoms with E-state index < -0.39 is 5.41 Å². The van der Waals surface area contributed by atoms with E-state index in [9.17, 15) is 0 Å². The highest BCUT2D eigenvalue weighted by atomic mass is 16.3. The van der Waals surface area contributed by atoms with Crippen LogP contribution in [0.3, 0.4) is 0 Å². The lowest BCUT2D eigenvalue weighted by molar-refractivity contribution is 0.669. The fraction of sp³-hybridized carbons (Fsp3) is 0.0196. The minimum Gasteiger partial charge on any atom is -0.456 e. The van der Waals surface area contributed by atoms with E-state index in [1.54, 1.807) is 0 Å². The number of hydrogen-bond acceptors (Lipinski definition) is 2. The zero-order valence-corrected chi connectivity index (χ0v) is 28.8. The van der Waals surface area contributed by atoms with Crippen LogP contribution in [0.2, 0.25) is 0 Å². The van der Waals surface area contributed by atoms with E-state index >= 15 is 0 Å². The molecule has 2 aliphatic rings. The van der Waals surface area contributed by atoms with Gasteiger partial charge in [-0.05, 0) is 127 Å². The van der Waals surface area contributed by atoms with Crippen molar-refractivity contribution in [2.45, 2.75) is 5.41 Å². The SMILES string of the molecule is c1ccc(N(c2ccc3cc4c(cc3c2)C2(c3ccccc3-c3ccccc32)c2c-4ccc3ccccc23)c2ccc3oc4ccccc4c3c2)cc1. The van der Waals surface area contributed by atoms with Crippen LogP contribution in [-0.2, 0) is 5.41 Å². The molecule has 53 heavy (non-hydrogen) atoms. The first kappa shape index (κ1) is 28.8. The van der Waals surface area contributed by atoms with Crippen molar-refractivity contribution in [2.75, 3.05) is 4.90 Å². The maximum atomic E-state index is 6.23. The topological polar surface area (TPSA) is 16.4 Å². The summed E-state index contributed by atoms with van der Waals surface area (Å²) in [4.78, 5) is 2.37. The third kappa shape index (κ3) is 3.82. The molecule has 0 fully saturated rings. The number of anilines is 3. The van der Waals surface area contributed by atoms with Crippen molar-refractivity contribution in [2.24, 2.45) is 0 Å². The van der Waals surface area contributed by atoms with Gasteiger partial charge in [0, 0.05) is 27.8 Å².